The molecule has 0 amide bonds. The van der Waals surface area contributed by atoms with Gasteiger partial charge in [-0.2, -0.15) is 8.27 Å². The van der Waals surface area contributed by atoms with E-state index in [9.17, 15) is 5.21 Å². The molecule has 0 saturated carbocycles. The highest BCUT2D eigenvalue weighted by Crippen LogP contribution is 2.14. The molecule has 0 radical (unpaired) electrons. The van der Waals surface area contributed by atoms with Gasteiger partial charge in [-0.1, -0.05) is 36.4 Å². The average Bonchev–Trinajstić information content (AvgIpc) is 2.46. The molecule has 4 nitrogen and oxygen atoms in total. The molecule has 0 aliphatic carbocycles. The molecule has 0 atom stereocenters. The Morgan fingerprint density at radius 1 is 1.00 bits per heavy atom. The van der Waals surface area contributed by atoms with Gasteiger partial charge in [-0.05, 0) is 24.3 Å². The van der Waals surface area contributed by atoms with E-state index >= 15 is 0 Å². The molecule has 0 heterocycles. The van der Waals surface area contributed by atoms with Crippen LogP contribution in [0.3, 0.4) is 0 Å². The molecule has 0 spiro atoms. The van der Waals surface area contributed by atoms with Gasteiger partial charge in [-0.3, -0.25) is 5.21 Å². The fourth-order valence-electron chi connectivity index (χ4n) is 1.45. The maximum absolute atomic E-state index is 10.1. The van der Waals surface area contributed by atoms with Crippen molar-refractivity contribution in [2.75, 3.05) is 10.4 Å². The van der Waals surface area contributed by atoms with Gasteiger partial charge in [0.05, 0.1) is 28.6 Å². The highest BCUT2D eigenvalue weighted by Gasteiger charge is 2.10. The van der Waals surface area contributed by atoms with Crippen LogP contribution in [0.4, 0.5) is 11.4 Å². The van der Waals surface area contributed by atoms with Gasteiger partial charge in [0.1, 0.15) is 0 Å². The van der Waals surface area contributed by atoms with Crippen molar-refractivity contribution in [3.8, 4) is 0 Å². The van der Waals surface area contributed by atoms with E-state index in [1.165, 1.54) is 0 Å². The van der Waals surface area contributed by atoms with Crippen LogP contribution in [0.25, 0.3) is 0 Å². The largest absolute Gasteiger partial charge is 0.324 e. The van der Waals surface area contributed by atoms with Crippen LogP contribution in [0.15, 0.2) is 63.9 Å². The molecule has 2 N–H and O–H groups in total. The molecule has 0 aliphatic rings. The molecule has 2 aromatic carbocycles. The van der Waals surface area contributed by atoms with Gasteiger partial charge in [0.2, 0.25) is 5.96 Å². The minimum Gasteiger partial charge on any atom is -0.324 e. The Morgan fingerprint density at radius 3 is 2.11 bits per heavy atom. The number of anilines is 2. The lowest BCUT2D eigenvalue weighted by molar-refractivity contribution is 0.312. The van der Waals surface area contributed by atoms with Crippen LogP contribution in [-0.2, 0) is 0 Å². The first-order valence-corrected chi connectivity index (χ1v) is 6.33. The molecule has 2 aromatic rings. The Balaban J connectivity index is 2.15. The fraction of sp³-hybridized carbons (Fsp3) is 0. The van der Waals surface area contributed by atoms with Crippen molar-refractivity contribution < 1.29 is 5.21 Å². The molecule has 0 aliphatic heterocycles. The molecule has 5 heteroatoms. The summed E-state index contributed by atoms with van der Waals surface area (Å²) in [4.78, 5) is 0. The number of hydrogen-bond donors (Lipinski definition) is 2. The van der Waals surface area contributed by atoms with Crippen molar-refractivity contribution in [3.63, 3.8) is 0 Å². The van der Waals surface area contributed by atoms with Crippen molar-refractivity contribution in [2.45, 2.75) is 0 Å². The van der Waals surface area contributed by atoms with Crippen molar-refractivity contribution in [2.24, 2.45) is 3.21 Å². The van der Waals surface area contributed by atoms with Gasteiger partial charge in [-0.15, -0.1) is 0 Å². The van der Waals surface area contributed by atoms with Crippen molar-refractivity contribution in [3.05, 3.63) is 60.7 Å². The van der Waals surface area contributed by atoms with E-state index in [1.807, 2.05) is 71.4 Å². The van der Waals surface area contributed by atoms with Crippen molar-refractivity contribution in [1.29, 1.82) is 0 Å². The number of halogens is 1. The Morgan fingerprint density at radius 2 is 1.56 bits per heavy atom. The first kappa shape index (κ1) is 12.8. The normalized spacial score (nSPS) is 11.1. The maximum Gasteiger partial charge on any atom is 0.237 e. The number of guanidine groups is 1. The van der Waals surface area contributed by atoms with Crippen LogP contribution in [0.2, 0.25) is 0 Å². The zero-order chi connectivity index (χ0) is 12.8. The summed E-state index contributed by atoms with van der Waals surface area (Å²) in [5.74, 6) is 0.355. The molecule has 0 fully saturated rings. The van der Waals surface area contributed by atoms with Gasteiger partial charge in [0, 0.05) is 5.69 Å². The summed E-state index contributed by atoms with van der Waals surface area (Å²) in [6, 6.07) is 18.8. The Bertz CT molecular complexity index is 516. The van der Waals surface area contributed by atoms with E-state index < -0.39 is 0 Å². The van der Waals surface area contributed by atoms with Gasteiger partial charge < -0.3 is 5.32 Å². The summed E-state index contributed by atoms with van der Waals surface area (Å²) in [7, 11) is 0. The smallest absolute Gasteiger partial charge is 0.237 e. The zero-order valence-corrected chi connectivity index (χ0v) is 11.7. The number of benzene rings is 2. The zero-order valence-electron chi connectivity index (χ0n) is 9.49. The van der Waals surface area contributed by atoms with E-state index in [-0.39, 0.29) is 0 Å². The summed E-state index contributed by atoms with van der Waals surface area (Å²) in [6.45, 7) is 0. The Labute approximate surface area is 119 Å². The third kappa shape index (κ3) is 3.21. The van der Waals surface area contributed by atoms with Gasteiger partial charge in [-0.25, -0.2) is 0 Å². The topological polar surface area (TPSA) is 47.9 Å². The molecule has 0 aromatic heterocycles. The van der Waals surface area contributed by atoms with E-state index in [4.69, 9.17) is 0 Å². The van der Waals surface area contributed by atoms with E-state index in [0.717, 1.165) is 10.8 Å². The lowest BCUT2D eigenvalue weighted by atomic mass is 10.3. The lowest BCUT2D eigenvalue weighted by Gasteiger charge is -2.19. The van der Waals surface area contributed by atoms with E-state index in [1.54, 1.807) is 12.1 Å². The number of para-hydroxylation sites is 2. The van der Waals surface area contributed by atoms with Crippen LogP contribution in [-0.4, -0.2) is 11.2 Å². The van der Waals surface area contributed by atoms with Crippen LogP contribution in [0.1, 0.15) is 0 Å². The summed E-state index contributed by atoms with van der Waals surface area (Å²) < 4.78 is 4.01. The van der Waals surface area contributed by atoms with Crippen molar-refractivity contribution in [1.82, 2.24) is 0 Å². The van der Waals surface area contributed by atoms with Crippen molar-refractivity contribution >= 4 is 40.2 Å². The first-order chi connectivity index (χ1) is 8.81. The lowest BCUT2D eigenvalue weighted by Crippen LogP contribution is -2.33. The fourth-order valence-corrected chi connectivity index (χ4v) is 1.78. The van der Waals surface area contributed by atoms with Crippen LogP contribution in [0.5, 0.6) is 0 Å². The monoisotopic (exact) mass is 353 g/mol. The molecular formula is C13H12IN3O. The van der Waals surface area contributed by atoms with Gasteiger partial charge >= 0.3 is 0 Å². The quantitative estimate of drug-likeness (QED) is 0.375. The molecule has 0 bridgehead atoms. The number of hydroxylamine groups is 1. The second-order valence-electron chi connectivity index (χ2n) is 3.55. The summed E-state index contributed by atoms with van der Waals surface area (Å²) in [5, 5.41) is 14.1. The number of hydrogen-bond acceptors (Lipinski definition) is 2. The number of nitrogens with zero attached hydrogens (tertiary/aromatic N) is 2. The minimum atomic E-state index is 0.355. The van der Waals surface area contributed by atoms with Gasteiger partial charge in [0.25, 0.3) is 0 Å². The number of rotatable bonds is 2. The Kier molecular flexibility index (Phi) is 4.54. The molecule has 0 unspecified atom stereocenters. The first-order valence-electron chi connectivity index (χ1n) is 5.36. The highest BCUT2D eigenvalue weighted by atomic mass is 127. The van der Waals surface area contributed by atoms with E-state index in [0.29, 0.717) is 11.6 Å². The second-order valence-corrected chi connectivity index (χ2v) is 4.03. The minimum absolute atomic E-state index is 0.355. The third-order valence-corrected chi connectivity index (χ3v) is 2.77. The highest BCUT2D eigenvalue weighted by molar-refractivity contribution is 14.1. The Hall–Kier alpha value is -1.60. The van der Waals surface area contributed by atoms with Crippen LogP contribution in [0, 0.1) is 0 Å². The molecule has 18 heavy (non-hydrogen) atoms. The molecule has 92 valence electrons. The predicted molar refractivity (Wildman–Crippen MR) is 82.2 cm³/mol. The predicted octanol–water partition coefficient (Wildman–Crippen LogP) is 3.70. The SMILES string of the molecule is ON(C(=NI)Nc1ccccc1)c1ccccc1. The average molecular weight is 353 g/mol. The van der Waals surface area contributed by atoms with Gasteiger partial charge in [0.15, 0.2) is 0 Å². The summed E-state index contributed by atoms with van der Waals surface area (Å²) in [6.07, 6.45) is 0. The van der Waals surface area contributed by atoms with Crippen LogP contribution >= 0.6 is 22.9 Å². The second kappa shape index (κ2) is 6.36. The maximum atomic E-state index is 10.1. The standard InChI is InChI=1S/C13H12IN3O/c14-16-13(15-11-7-3-1-4-8-11)17(18)12-9-5-2-6-10-12/h1-10,18H,(H,15,16). The molecular weight excluding hydrogens is 341 g/mol. The summed E-state index contributed by atoms with van der Waals surface area (Å²) >= 11 is 1.84. The van der Waals surface area contributed by atoms with Crippen LogP contribution < -0.4 is 10.4 Å². The van der Waals surface area contributed by atoms with E-state index in [2.05, 4.69) is 8.52 Å². The number of nitrogens with one attached hydrogen (secondary N) is 1. The molecule has 2 rings (SSSR count). The molecule has 0 saturated heterocycles. The third-order valence-electron chi connectivity index (χ3n) is 2.31. The summed E-state index contributed by atoms with van der Waals surface area (Å²) in [5.41, 5.74) is 1.51.